The zero-order chi connectivity index (χ0) is 27.2. The van der Waals surface area contributed by atoms with Crippen molar-refractivity contribution in [1.82, 2.24) is 5.32 Å². The van der Waals surface area contributed by atoms with E-state index in [9.17, 15) is 19.2 Å². The van der Waals surface area contributed by atoms with Crippen molar-refractivity contribution < 1.29 is 33.8 Å². The van der Waals surface area contributed by atoms with E-state index in [1.54, 1.807) is 18.2 Å². The molecular formula is C28H37NO7S. The number of thioether (sulfide) groups is 1. The number of imide groups is 1. The van der Waals surface area contributed by atoms with E-state index in [0.29, 0.717) is 29.4 Å². The van der Waals surface area contributed by atoms with Crippen LogP contribution in [0.3, 0.4) is 0 Å². The molecule has 0 radical (unpaired) electrons. The predicted octanol–water partition coefficient (Wildman–Crippen LogP) is 6.05. The smallest absolute Gasteiger partial charge is 0.311 e. The predicted molar refractivity (Wildman–Crippen MR) is 143 cm³/mol. The molecule has 2 N–H and O–H groups in total. The summed E-state index contributed by atoms with van der Waals surface area (Å²) in [4.78, 5) is 53.3. The number of carbonyl (C=O) groups is 5. The average Bonchev–Trinajstić information content (AvgIpc) is 3.64. The molecule has 2 saturated carbocycles. The first-order valence-corrected chi connectivity index (χ1v) is 13.7. The second kappa shape index (κ2) is 16.0. The van der Waals surface area contributed by atoms with Crippen LogP contribution in [-0.4, -0.2) is 35.0 Å². The molecule has 1 saturated heterocycles. The SMILES string of the molecule is C=O.Cc1cc(/C=C2\SC(=O)NC2=O)ccc1OC(=O)CCC1CCCC1.O=C(O)CCC1CCCC1. The Hall–Kier alpha value is -2.94. The summed E-state index contributed by atoms with van der Waals surface area (Å²) < 4.78 is 5.47. The maximum atomic E-state index is 12.0. The summed E-state index contributed by atoms with van der Waals surface area (Å²) >= 11 is 0.884. The van der Waals surface area contributed by atoms with Crippen LogP contribution in [0.25, 0.3) is 6.08 Å². The van der Waals surface area contributed by atoms with Crippen LogP contribution in [0.5, 0.6) is 5.75 Å². The summed E-state index contributed by atoms with van der Waals surface area (Å²) in [5.74, 6) is 0.703. The number of hydrogen-bond donors (Lipinski definition) is 2. The van der Waals surface area contributed by atoms with Crippen molar-refractivity contribution in [3.63, 3.8) is 0 Å². The van der Waals surface area contributed by atoms with E-state index in [-0.39, 0.29) is 17.1 Å². The molecule has 8 nitrogen and oxygen atoms in total. The summed E-state index contributed by atoms with van der Waals surface area (Å²) in [7, 11) is 0. The van der Waals surface area contributed by atoms with Gasteiger partial charge in [-0.3, -0.25) is 24.5 Å². The fourth-order valence-electron chi connectivity index (χ4n) is 4.87. The van der Waals surface area contributed by atoms with Crippen LogP contribution >= 0.6 is 11.8 Å². The van der Waals surface area contributed by atoms with Gasteiger partial charge in [0.15, 0.2) is 0 Å². The summed E-state index contributed by atoms with van der Waals surface area (Å²) in [6, 6.07) is 5.34. The van der Waals surface area contributed by atoms with E-state index in [4.69, 9.17) is 14.6 Å². The van der Waals surface area contributed by atoms with E-state index in [1.807, 2.05) is 19.8 Å². The Morgan fingerprint density at radius 3 is 2.08 bits per heavy atom. The van der Waals surface area contributed by atoms with Crippen molar-refractivity contribution in [2.45, 2.75) is 84.0 Å². The van der Waals surface area contributed by atoms with Crippen molar-refractivity contribution >= 4 is 47.7 Å². The van der Waals surface area contributed by atoms with Crippen LogP contribution in [0.2, 0.25) is 0 Å². The number of aryl methyl sites for hydroxylation is 1. The van der Waals surface area contributed by atoms with Crippen molar-refractivity contribution in [3.8, 4) is 5.75 Å². The number of ether oxygens (including phenoxy) is 1. The summed E-state index contributed by atoms with van der Waals surface area (Å²) in [5, 5.41) is 10.2. The molecule has 3 aliphatic rings. The zero-order valence-electron chi connectivity index (χ0n) is 21.5. The van der Waals surface area contributed by atoms with Gasteiger partial charge in [0.2, 0.25) is 0 Å². The first-order chi connectivity index (χ1) is 17.8. The first kappa shape index (κ1) is 30.3. The molecule has 1 aromatic rings. The molecule has 3 fully saturated rings. The molecule has 4 rings (SSSR count). The number of amides is 2. The quantitative estimate of drug-likeness (QED) is 0.236. The molecule has 9 heteroatoms. The minimum absolute atomic E-state index is 0.197. The molecule has 1 heterocycles. The van der Waals surface area contributed by atoms with Gasteiger partial charge in [-0.05, 0) is 72.7 Å². The van der Waals surface area contributed by atoms with Gasteiger partial charge in [-0.15, -0.1) is 0 Å². The fourth-order valence-corrected chi connectivity index (χ4v) is 5.55. The number of carboxylic acid groups (broad SMARTS) is 1. The molecule has 2 amide bonds. The average molecular weight is 532 g/mol. The molecule has 37 heavy (non-hydrogen) atoms. The lowest BCUT2D eigenvalue weighted by molar-refractivity contribution is -0.137. The fraction of sp³-hybridized carbons (Fsp3) is 0.536. The van der Waals surface area contributed by atoms with Gasteiger partial charge in [0.1, 0.15) is 12.5 Å². The van der Waals surface area contributed by atoms with Gasteiger partial charge in [0.25, 0.3) is 11.1 Å². The second-order valence-electron chi connectivity index (χ2n) is 9.62. The molecule has 0 spiro atoms. The number of carbonyl (C=O) groups excluding carboxylic acids is 4. The van der Waals surface area contributed by atoms with E-state index in [2.05, 4.69) is 5.32 Å². The molecule has 1 aliphatic heterocycles. The summed E-state index contributed by atoms with van der Waals surface area (Å²) in [6.07, 6.45) is 14.4. The largest absolute Gasteiger partial charge is 0.481 e. The number of rotatable bonds is 8. The Bertz CT molecular complexity index is 979. The van der Waals surface area contributed by atoms with Crippen LogP contribution in [0.1, 0.15) is 88.2 Å². The van der Waals surface area contributed by atoms with E-state index in [0.717, 1.165) is 41.6 Å². The highest BCUT2D eigenvalue weighted by Gasteiger charge is 2.25. The number of hydrogen-bond acceptors (Lipinski definition) is 7. The number of benzene rings is 1. The molecule has 202 valence electrons. The Morgan fingerprint density at radius 2 is 1.59 bits per heavy atom. The highest BCUT2D eigenvalue weighted by Crippen LogP contribution is 2.30. The third kappa shape index (κ3) is 10.9. The minimum Gasteiger partial charge on any atom is -0.481 e. The van der Waals surface area contributed by atoms with Gasteiger partial charge >= 0.3 is 11.9 Å². The van der Waals surface area contributed by atoms with Gasteiger partial charge in [-0.1, -0.05) is 57.4 Å². The van der Waals surface area contributed by atoms with E-state index < -0.39 is 5.97 Å². The Kier molecular flexibility index (Phi) is 13.1. The molecular weight excluding hydrogens is 494 g/mol. The lowest BCUT2D eigenvalue weighted by atomic mass is 10.0. The maximum absolute atomic E-state index is 12.0. The first-order valence-electron chi connectivity index (χ1n) is 12.9. The van der Waals surface area contributed by atoms with Crippen molar-refractivity contribution in [2.24, 2.45) is 11.8 Å². The molecule has 1 aromatic carbocycles. The van der Waals surface area contributed by atoms with Gasteiger partial charge in [0, 0.05) is 12.8 Å². The Labute approximate surface area is 222 Å². The number of aliphatic carboxylic acids is 1. The third-order valence-electron chi connectivity index (χ3n) is 6.84. The normalized spacial score (nSPS) is 18.6. The van der Waals surface area contributed by atoms with Crippen LogP contribution in [0.15, 0.2) is 23.1 Å². The van der Waals surface area contributed by atoms with Crippen LogP contribution in [-0.2, 0) is 19.2 Å². The topological polar surface area (TPSA) is 127 Å². The molecule has 0 bridgehead atoms. The standard InChI is InChI=1S/C19H21NO4S.C8H14O2.CH2O/c1-12-10-14(11-16-18(22)20-19(23)25-16)6-8-15(12)24-17(21)9-7-13-4-2-3-5-13;9-8(10)6-5-7-3-1-2-4-7;1-2/h6,8,10-11,13H,2-5,7,9H2,1H3,(H,20,22,23);7H,1-6H2,(H,9,10);1H2/b16-11-;;. The van der Waals surface area contributed by atoms with Crippen LogP contribution < -0.4 is 10.1 Å². The Morgan fingerprint density at radius 1 is 1.03 bits per heavy atom. The van der Waals surface area contributed by atoms with Crippen molar-refractivity contribution in [3.05, 3.63) is 34.2 Å². The molecule has 0 unspecified atom stereocenters. The molecule has 2 aliphatic carbocycles. The highest BCUT2D eigenvalue weighted by molar-refractivity contribution is 8.18. The lowest BCUT2D eigenvalue weighted by Gasteiger charge is -2.10. The van der Waals surface area contributed by atoms with Gasteiger partial charge in [-0.2, -0.15) is 0 Å². The monoisotopic (exact) mass is 531 g/mol. The zero-order valence-corrected chi connectivity index (χ0v) is 22.3. The third-order valence-corrected chi connectivity index (χ3v) is 7.65. The van der Waals surface area contributed by atoms with Gasteiger partial charge < -0.3 is 14.6 Å². The minimum atomic E-state index is -0.646. The van der Waals surface area contributed by atoms with Gasteiger partial charge in [0.05, 0.1) is 4.91 Å². The number of esters is 1. The van der Waals surface area contributed by atoms with Gasteiger partial charge in [-0.25, -0.2) is 0 Å². The van der Waals surface area contributed by atoms with E-state index in [1.165, 1.54) is 51.4 Å². The van der Waals surface area contributed by atoms with Crippen molar-refractivity contribution in [2.75, 3.05) is 0 Å². The Balaban J connectivity index is 0.000000336. The highest BCUT2D eigenvalue weighted by atomic mass is 32.2. The molecule has 0 aromatic heterocycles. The summed E-state index contributed by atoms with van der Waals surface area (Å²) in [5.41, 5.74) is 1.61. The summed E-state index contributed by atoms with van der Waals surface area (Å²) in [6.45, 7) is 3.86. The lowest BCUT2D eigenvalue weighted by Crippen LogP contribution is -2.17. The second-order valence-corrected chi connectivity index (χ2v) is 10.6. The maximum Gasteiger partial charge on any atom is 0.311 e. The van der Waals surface area contributed by atoms with E-state index >= 15 is 0 Å². The number of nitrogens with one attached hydrogen (secondary N) is 1. The van der Waals surface area contributed by atoms with Crippen LogP contribution in [0, 0.1) is 18.8 Å². The van der Waals surface area contributed by atoms with Crippen LogP contribution in [0.4, 0.5) is 4.79 Å². The van der Waals surface area contributed by atoms with Crippen molar-refractivity contribution in [1.29, 1.82) is 0 Å². The number of carboxylic acids is 1. The molecule has 0 atom stereocenters.